The van der Waals surface area contributed by atoms with Gasteiger partial charge in [0, 0.05) is 17.5 Å². The van der Waals surface area contributed by atoms with E-state index < -0.39 is 0 Å². The van der Waals surface area contributed by atoms with E-state index in [9.17, 15) is 9.90 Å². The lowest BCUT2D eigenvalue weighted by molar-refractivity contribution is -0.132. The van der Waals surface area contributed by atoms with Gasteiger partial charge in [-0.25, -0.2) is 4.98 Å². The van der Waals surface area contributed by atoms with Crippen LogP contribution in [0.15, 0.2) is 29.6 Å². The number of aliphatic hydroxyl groups is 1. The van der Waals surface area contributed by atoms with E-state index in [-0.39, 0.29) is 18.6 Å². The number of rotatable bonds is 4. The van der Waals surface area contributed by atoms with E-state index in [1.165, 1.54) is 5.56 Å². The van der Waals surface area contributed by atoms with Crippen LogP contribution in [0, 0.1) is 6.92 Å². The zero-order valence-corrected chi connectivity index (χ0v) is 13.5. The molecule has 0 saturated carbocycles. The second-order valence-electron chi connectivity index (χ2n) is 5.75. The smallest absolute Gasteiger partial charge is 0.228 e. The first-order valence-electron chi connectivity index (χ1n) is 7.59. The quantitative estimate of drug-likeness (QED) is 0.943. The van der Waals surface area contributed by atoms with Crippen LogP contribution in [0.3, 0.4) is 0 Å². The Balaban J connectivity index is 1.69. The topological polar surface area (TPSA) is 53.4 Å². The van der Waals surface area contributed by atoms with Gasteiger partial charge >= 0.3 is 0 Å². The van der Waals surface area contributed by atoms with E-state index >= 15 is 0 Å². The number of benzene rings is 1. The Morgan fingerprint density at radius 3 is 2.91 bits per heavy atom. The molecule has 0 radical (unpaired) electrons. The first kappa shape index (κ1) is 15.2. The molecule has 0 spiro atoms. The molecule has 0 bridgehead atoms. The van der Waals surface area contributed by atoms with Crippen molar-refractivity contribution in [3.05, 3.63) is 40.9 Å². The van der Waals surface area contributed by atoms with E-state index in [0.29, 0.717) is 6.42 Å². The maximum Gasteiger partial charge on any atom is 0.228 e. The predicted molar refractivity (Wildman–Crippen MR) is 87.8 cm³/mol. The Kier molecular flexibility index (Phi) is 4.55. The lowest BCUT2D eigenvalue weighted by Gasteiger charge is -2.22. The summed E-state index contributed by atoms with van der Waals surface area (Å²) in [5.41, 5.74) is 3.12. The molecule has 1 saturated heterocycles. The third-order valence-electron chi connectivity index (χ3n) is 4.09. The van der Waals surface area contributed by atoms with Gasteiger partial charge in [-0.2, -0.15) is 0 Å². The van der Waals surface area contributed by atoms with Gasteiger partial charge in [-0.15, -0.1) is 11.3 Å². The number of nitrogens with zero attached hydrogens (tertiary/aromatic N) is 2. The number of carbonyl (C=O) groups excluding carboxylic acids is 1. The van der Waals surface area contributed by atoms with Crippen molar-refractivity contribution in [2.45, 2.75) is 32.2 Å². The summed E-state index contributed by atoms with van der Waals surface area (Å²) in [6, 6.07) is 8.24. The highest BCUT2D eigenvalue weighted by atomic mass is 32.1. The van der Waals surface area contributed by atoms with Crippen LogP contribution in [0.2, 0.25) is 0 Å². The summed E-state index contributed by atoms with van der Waals surface area (Å²) in [6.45, 7) is 2.86. The zero-order valence-electron chi connectivity index (χ0n) is 12.7. The van der Waals surface area contributed by atoms with Crippen molar-refractivity contribution in [3.8, 4) is 10.6 Å². The Labute approximate surface area is 134 Å². The molecule has 1 aromatic carbocycles. The van der Waals surface area contributed by atoms with Gasteiger partial charge in [0.1, 0.15) is 5.01 Å². The normalized spacial score (nSPS) is 17.9. The summed E-state index contributed by atoms with van der Waals surface area (Å²) in [4.78, 5) is 18.7. The fraction of sp³-hybridized carbons (Fsp3) is 0.412. The molecule has 0 aliphatic carbocycles. The number of hydrogen-bond acceptors (Lipinski definition) is 4. The van der Waals surface area contributed by atoms with Crippen molar-refractivity contribution in [1.82, 2.24) is 9.88 Å². The maximum absolute atomic E-state index is 12.4. The zero-order chi connectivity index (χ0) is 15.5. The largest absolute Gasteiger partial charge is 0.394 e. The lowest BCUT2D eigenvalue weighted by atomic mass is 10.2. The molecule has 3 rings (SSSR count). The van der Waals surface area contributed by atoms with Gasteiger partial charge in [0.15, 0.2) is 0 Å². The van der Waals surface area contributed by atoms with Crippen LogP contribution in [0.5, 0.6) is 0 Å². The molecule has 0 unspecified atom stereocenters. The van der Waals surface area contributed by atoms with Gasteiger partial charge in [-0.05, 0) is 19.8 Å². The van der Waals surface area contributed by atoms with Crippen molar-refractivity contribution >= 4 is 17.2 Å². The van der Waals surface area contributed by atoms with Gasteiger partial charge in [0.05, 0.1) is 24.8 Å². The summed E-state index contributed by atoms with van der Waals surface area (Å²) in [7, 11) is 0. The highest BCUT2D eigenvalue weighted by molar-refractivity contribution is 7.13. The van der Waals surface area contributed by atoms with Crippen molar-refractivity contribution in [1.29, 1.82) is 0 Å². The van der Waals surface area contributed by atoms with Gasteiger partial charge in [-0.3, -0.25) is 4.79 Å². The highest BCUT2D eigenvalue weighted by Crippen LogP contribution is 2.25. The number of aromatic nitrogens is 1. The number of hydrogen-bond donors (Lipinski definition) is 1. The summed E-state index contributed by atoms with van der Waals surface area (Å²) in [6.07, 6.45) is 2.19. The number of aryl methyl sites for hydroxylation is 1. The number of carbonyl (C=O) groups is 1. The van der Waals surface area contributed by atoms with Crippen molar-refractivity contribution in [2.24, 2.45) is 0 Å². The van der Waals surface area contributed by atoms with Crippen molar-refractivity contribution in [3.63, 3.8) is 0 Å². The molecule has 1 N–H and O–H groups in total. The number of aliphatic hydroxyl groups excluding tert-OH is 1. The Morgan fingerprint density at radius 2 is 2.18 bits per heavy atom. The molecule has 1 aromatic heterocycles. The first-order chi connectivity index (χ1) is 10.7. The third-order valence-corrected chi connectivity index (χ3v) is 5.03. The fourth-order valence-corrected chi connectivity index (χ4v) is 3.65. The molecule has 1 aliphatic heterocycles. The van der Waals surface area contributed by atoms with E-state index in [0.717, 1.165) is 35.7 Å². The third kappa shape index (κ3) is 3.20. The molecule has 1 amide bonds. The molecule has 1 fully saturated rings. The number of thiazole rings is 1. The summed E-state index contributed by atoms with van der Waals surface area (Å²) >= 11 is 1.57. The summed E-state index contributed by atoms with van der Waals surface area (Å²) in [5, 5.41) is 12.2. The van der Waals surface area contributed by atoms with Gasteiger partial charge in [-0.1, -0.05) is 29.8 Å². The van der Waals surface area contributed by atoms with E-state index in [1.54, 1.807) is 16.2 Å². The molecule has 116 valence electrons. The fourth-order valence-electron chi connectivity index (χ4n) is 2.83. The predicted octanol–water partition coefficient (Wildman–Crippen LogP) is 2.64. The molecule has 2 heterocycles. The average molecular weight is 316 g/mol. The van der Waals surface area contributed by atoms with Crippen LogP contribution < -0.4 is 0 Å². The Morgan fingerprint density at radius 1 is 1.41 bits per heavy atom. The molecule has 2 aromatic rings. The minimum Gasteiger partial charge on any atom is -0.394 e. The van der Waals surface area contributed by atoms with Crippen LogP contribution >= 0.6 is 11.3 Å². The van der Waals surface area contributed by atoms with E-state index in [2.05, 4.69) is 36.2 Å². The van der Waals surface area contributed by atoms with Gasteiger partial charge in [0.2, 0.25) is 5.91 Å². The molecule has 5 heteroatoms. The number of amides is 1. The lowest BCUT2D eigenvalue weighted by Crippen LogP contribution is -2.38. The summed E-state index contributed by atoms with van der Waals surface area (Å²) in [5.74, 6) is 0.0670. The van der Waals surface area contributed by atoms with E-state index in [4.69, 9.17) is 0 Å². The van der Waals surface area contributed by atoms with Crippen molar-refractivity contribution < 1.29 is 9.90 Å². The van der Waals surface area contributed by atoms with Crippen LogP contribution in [0.25, 0.3) is 10.6 Å². The van der Waals surface area contributed by atoms with Gasteiger partial charge < -0.3 is 10.0 Å². The second-order valence-corrected chi connectivity index (χ2v) is 6.61. The second kappa shape index (κ2) is 6.58. The maximum atomic E-state index is 12.4. The molecule has 1 atom stereocenters. The molecule has 22 heavy (non-hydrogen) atoms. The van der Waals surface area contributed by atoms with Crippen LogP contribution in [0.4, 0.5) is 0 Å². The minimum absolute atomic E-state index is 0.0114. The number of likely N-dealkylation sites (tertiary alicyclic amines) is 1. The molecular weight excluding hydrogens is 296 g/mol. The molecule has 4 nitrogen and oxygen atoms in total. The first-order valence-corrected chi connectivity index (χ1v) is 8.47. The monoisotopic (exact) mass is 316 g/mol. The van der Waals surface area contributed by atoms with Gasteiger partial charge in [0.25, 0.3) is 0 Å². The average Bonchev–Trinajstić information content (AvgIpc) is 3.16. The summed E-state index contributed by atoms with van der Waals surface area (Å²) < 4.78 is 0. The molecule has 1 aliphatic rings. The Bertz CT molecular complexity index is 651. The minimum atomic E-state index is -0.0114. The molecular formula is C17H20N2O2S. The van der Waals surface area contributed by atoms with Crippen LogP contribution in [-0.4, -0.2) is 40.1 Å². The standard InChI is InChI=1S/C17H20N2O2S/c1-12-4-6-13(7-5-12)17-18-14(11-22-17)9-16(21)19-8-2-3-15(19)10-20/h4-7,11,15,20H,2-3,8-10H2,1H3/t15-/m1/s1. The van der Waals surface area contributed by atoms with Crippen LogP contribution in [0.1, 0.15) is 24.1 Å². The SMILES string of the molecule is Cc1ccc(-c2nc(CC(=O)N3CCC[C@@H]3CO)cs2)cc1. The Hall–Kier alpha value is -1.72. The van der Waals surface area contributed by atoms with Crippen molar-refractivity contribution in [2.75, 3.05) is 13.2 Å². The van der Waals surface area contributed by atoms with E-state index in [1.807, 2.05) is 5.38 Å². The van der Waals surface area contributed by atoms with Crippen LogP contribution in [-0.2, 0) is 11.2 Å². The highest BCUT2D eigenvalue weighted by Gasteiger charge is 2.28.